The molecule has 2 N–H and O–H groups in total. The summed E-state index contributed by atoms with van der Waals surface area (Å²) in [6.45, 7) is 2.21. The Bertz CT molecular complexity index is 234. The van der Waals surface area contributed by atoms with E-state index in [1.807, 2.05) is 0 Å². The van der Waals surface area contributed by atoms with Crippen molar-refractivity contribution in [3.8, 4) is 0 Å². The SMILES string of the molecule is CN(C)C(=O)NC1CC12CCNCC2. The molecule has 0 radical (unpaired) electrons. The summed E-state index contributed by atoms with van der Waals surface area (Å²) >= 11 is 0. The molecule has 2 fully saturated rings. The first-order chi connectivity index (χ1) is 6.64. The predicted octanol–water partition coefficient (Wildman–Crippen LogP) is 0.400. The van der Waals surface area contributed by atoms with Crippen molar-refractivity contribution in [3.63, 3.8) is 0 Å². The molecule has 0 aromatic heterocycles. The van der Waals surface area contributed by atoms with Crippen LogP contribution in [0, 0.1) is 5.41 Å². The summed E-state index contributed by atoms with van der Waals surface area (Å²) in [5.74, 6) is 0. The van der Waals surface area contributed by atoms with Gasteiger partial charge in [-0.1, -0.05) is 0 Å². The van der Waals surface area contributed by atoms with Crippen LogP contribution in [0.5, 0.6) is 0 Å². The van der Waals surface area contributed by atoms with Crippen molar-refractivity contribution in [2.75, 3.05) is 27.2 Å². The summed E-state index contributed by atoms with van der Waals surface area (Å²) in [6, 6.07) is 0.477. The fourth-order valence-corrected chi connectivity index (χ4v) is 2.31. The van der Waals surface area contributed by atoms with E-state index in [1.54, 1.807) is 19.0 Å². The quantitative estimate of drug-likeness (QED) is 0.639. The maximum atomic E-state index is 11.4. The minimum absolute atomic E-state index is 0.0467. The summed E-state index contributed by atoms with van der Waals surface area (Å²) in [7, 11) is 3.57. The van der Waals surface area contributed by atoms with E-state index < -0.39 is 0 Å². The topological polar surface area (TPSA) is 44.4 Å². The number of rotatable bonds is 1. The Balaban J connectivity index is 1.83. The maximum absolute atomic E-state index is 11.4. The number of amides is 2. The highest BCUT2D eigenvalue weighted by atomic mass is 16.2. The molecule has 14 heavy (non-hydrogen) atoms. The van der Waals surface area contributed by atoms with Gasteiger partial charge in [0.15, 0.2) is 0 Å². The molecule has 0 aromatic rings. The van der Waals surface area contributed by atoms with Crippen LogP contribution in [0.2, 0.25) is 0 Å². The molecule has 1 spiro atoms. The third kappa shape index (κ3) is 1.71. The largest absolute Gasteiger partial charge is 0.335 e. The molecule has 1 unspecified atom stereocenters. The van der Waals surface area contributed by atoms with Crippen molar-refractivity contribution in [3.05, 3.63) is 0 Å². The van der Waals surface area contributed by atoms with Crippen molar-refractivity contribution < 1.29 is 4.79 Å². The normalized spacial score (nSPS) is 28.6. The molecule has 0 aromatic carbocycles. The van der Waals surface area contributed by atoms with Crippen molar-refractivity contribution in [2.24, 2.45) is 5.41 Å². The Morgan fingerprint density at radius 3 is 2.64 bits per heavy atom. The van der Waals surface area contributed by atoms with Crippen molar-refractivity contribution in [1.29, 1.82) is 0 Å². The van der Waals surface area contributed by atoms with Gasteiger partial charge < -0.3 is 15.5 Å². The van der Waals surface area contributed by atoms with Crippen LogP contribution in [0.3, 0.4) is 0 Å². The molecule has 1 aliphatic carbocycles. The number of carbonyl (C=O) groups excluding carboxylic acids is 1. The van der Waals surface area contributed by atoms with E-state index in [4.69, 9.17) is 0 Å². The van der Waals surface area contributed by atoms with Gasteiger partial charge in [0.05, 0.1) is 0 Å². The van der Waals surface area contributed by atoms with Crippen LogP contribution >= 0.6 is 0 Å². The van der Waals surface area contributed by atoms with Crippen LogP contribution < -0.4 is 10.6 Å². The molecule has 1 aliphatic heterocycles. The molecular formula is C10H19N3O. The average molecular weight is 197 g/mol. The van der Waals surface area contributed by atoms with Crippen molar-refractivity contribution >= 4 is 6.03 Å². The summed E-state index contributed by atoms with van der Waals surface area (Å²) in [5.41, 5.74) is 0.441. The van der Waals surface area contributed by atoms with E-state index in [2.05, 4.69) is 10.6 Å². The first kappa shape index (κ1) is 9.77. The molecule has 2 aliphatic rings. The lowest BCUT2D eigenvalue weighted by Crippen LogP contribution is -2.40. The summed E-state index contributed by atoms with van der Waals surface area (Å²) in [6.07, 6.45) is 3.60. The van der Waals surface area contributed by atoms with E-state index in [0.29, 0.717) is 11.5 Å². The van der Waals surface area contributed by atoms with Gasteiger partial charge in [-0.2, -0.15) is 0 Å². The van der Waals surface area contributed by atoms with Gasteiger partial charge in [0.2, 0.25) is 0 Å². The number of piperidine rings is 1. The lowest BCUT2D eigenvalue weighted by Gasteiger charge is -2.24. The van der Waals surface area contributed by atoms with Gasteiger partial charge in [-0.3, -0.25) is 0 Å². The monoisotopic (exact) mass is 197 g/mol. The Kier molecular flexibility index (Phi) is 2.39. The lowest BCUT2D eigenvalue weighted by molar-refractivity contribution is 0.213. The molecule has 1 saturated heterocycles. The zero-order valence-electron chi connectivity index (χ0n) is 8.97. The molecule has 0 bridgehead atoms. The molecule has 1 saturated carbocycles. The Labute approximate surface area is 85.0 Å². The fraction of sp³-hybridized carbons (Fsp3) is 0.900. The minimum Gasteiger partial charge on any atom is -0.335 e. The van der Waals surface area contributed by atoms with Gasteiger partial charge in [-0.05, 0) is 37.8 Å². The van der Waals surface area contributed by atoms with Crippen LogP contribution in [0.1, 0.15) is 19.3 Å². The number of hydrogen-bond acceptors (Lipinski definition) is 2. The number of hydrogen-bond donors (Lipinski definition) is 2. The van der Waals surface area contributed by atoms with Crippen molar-refractivity contribution in [1.82, 2.24) is 15.5 Å². The first-order valence-corrected chi connectivity index (χ1v) is 5.33. The molecule has 4 nitrogen and oxygen atoms in total. The Morgan fingerprint density at radius 1 is 1.43 bits per heavy atom. The molecule has 2 amide bonds. The number of urea groups is 1. The first-order valence-electron chi connectivity index (χ1n) is 5.33. The second-order valence-electron chi connectivity index (χ2n) is 4.71. The van der Waals surface area contributed by atoms with Gasteiger partial charge in [-0.25, -0.2) is 4.79 Å². The van der Waals surface area contributed by atoms with Crippen LogP contribution in [-0.4, -0.2) is 44.2 Å². The van der Waals surface area contributed by atoms with Gasteiger partial charge in [0, 0.05) is 20.1 Å². The van der Waals surface area contributed by atoms with Crippen LogP contribution in [-0.2, 0) is 0 Å². The van der Waals surface area contributed by atoms with E-state index >= 15 is 0 Å². The van der Waals surface area contributed by atoms with E-state index in [0.717, 1.165) is 13.1 Å². The highest BCUT2D eigenvalue weighted by Gasteiger charge is 2.54. The number of nitrogens with one attached hydrogen (secondary N) is 2. The number of carbonyl (C=O) groups is 1. The molecule has 2 rings (SSSR count). The second-order valence-corrected chi connectivity index (χ2v) is 4.71. The predicted molar refractivity (Wildman–Crippen MR) is 55.2 cm³/mol. The van der Waals surface area contributed by atoms with Gasteiger partial charge in [-0.15, -0.1) is 0 Å². The molecule has 1 atom stereocenters. The summed E-state index contributed by atoms with van der Waals surface area (Å²) < 4.78 is 0. The average Bonchev–Trinajstić information content (AvgIpc) is 2.79. The highest BCUT2D eigenvalue weighted by Crippen LogP contribution is 2.52. The van der Waals surface area contributed by atoms with E-state index in [9.17, 15) is 4.79 Å². The van der Waals surface area contributed by atoms with Gasteiger partial charge in [0.25, 0.3) is 0 Å². The minimum atomic E-state index is 0.0467. The molecule has 1 heterocycles. The smallest absolute Gasteiger partial charge is 0.317 e. The zero-order valence-corrected chi connectivity index (χ0v) is 8.97. The summed E-state index contributed by atoms with van der Waals surface area (Å²) in [5, 5.41) is 6.43. The van der Waals surface area contributed by atoms with Crippen LogP contribution in [0.4, 0.5) is 4.79 Å². The maximum Gasteiger partial charge on any atom is 0.317 e. The van der Waals surface area contributed by atoms with Crippen LogP contribution in [0.15, 0.2) is 0 Å². The molecule has 80 valence electrons. The molecular weight excluding hydrogens is 178 g/mol. The Morgan fingerprint density at radius 2 is 2.07 bits per heavy atom. The lowest BCUT2D eigenvalue weighted by atomic mass is 9.94. The number of nitrogens with zero attached hydrogens (tertiary/aromatic N) is 1. The third-order valence-corrected chi connectivity index (χ3v) is 3.49. The van der Waals surface area contributed by atoms with Gasteiger partial charge >= 0.3 is 6.03 Å². The fourth-order valence-electron chi connectivity index (χ4n) is 2.31. The van der Waals surface area contributed by atoms with Gasteiger partial charge in [0.1, 0.15) is 0 Å². The van der Waals surface area contributed by atoms with Crippen LogP contribution in [0.25, 0.3) is 0 Å². The Hall–Kier alpha value is -0.770. The van der Waals surface area contributed by atoms with E-state index in [1.165, 1.54) is 19.3 Å². The standard InChI is InChI=1S/C10H19N3O/c1-13(2)9(14)12-8-7-10(8)3-5-11-6-4-10/h8,11H,3-7H2,1-2H3,(H,12,14). The van der Waals surface area contributed by atoms with E-state index in [-0.39, 0.29) is 6.03 Å². The zero-order chi connectivity index (χ0) is 10.2. The second kappa shape index (κ2) is 3.42. The van der Waals surface area contributed by atoms with Crippen molar-refractivity contribution in [2.45, 2.75) is 25.3 Å². The summed E-state index contributed by atoms with van der Waals surface area (Å²) in [4.78, 5) is 13.0. The molecule has 4 heteroatoms. The highest BCUT2D eigenvalue weighted by molar-refractivity contribution is 5.74. The third-order valence-electron chi connectivity index (χ3n) is 3.49.